The van der Waals surface area contributed by atoms with Crippen LogP contribution in [0.4, 0.5) is 0 Å². The molecule has 18 heavy (non-hydrogen) atoms. The first kappa shape index (κ1) is 13.1. The third-order valence-corrected chi connectivity index (χ3v) is 4.84. The lowest BCUT2D eigenvalue weighted by Crippen LogP contribution is -2.26. The standard InChI is InChI=1S/C11H15NO5S/c13-11(14)5-9-6-12-10(17-9)4-8-2-1-3-18(15,16)7-8/h6,8H,1-5,7H2,(H,13,14). The number of carboxylic acid groups (broad SMARTS) is 1. The summed E-state index contributed by atoms with van der Waals surface area (Å²) in [7, 11) is -2.93. The van der Waals surface area contributed by atoms with Crippen molar-refractivity contribution in [3.8, 4) is 0 Å². The molecule has 0 bridgehead atoms. The minimum atomic E-state index is -2.93. The van der Waals surface area contributed by atoms with Crippen LogP contribution in [0.3, 0.4) is 0 Å². The maximum Gasteiger partial charge on any atom is 0.311 e. The maximum absolute atomic E-state index is 11.5. The van der Waals surface area contributed by atoms with Crippen molar-refractivity contribution in [2.75, 3.05) is 11.5 Å². The van der Waals surface area contributed by atoms with Crippen molar-refractivity contribution in [3.63, 3.8) is 0 Å². The van der Waals surface area contributed by atoms with Gasteiger partial charge in [-0.25, -0.2) is 13.4 Å². The lowest BCUT2D eigenvalue weighted by molar-refractivity contribution is -0.136. The van der Waals surface area contributed by atoms with Gasteiger partial charge >= 0.3 is 5.97 Å². The van der Waals surface area contributed by atoms with Crippen molar-refractivity contribution >= 4 is 15.8 Å². The predicted molar refractivity (Wildman–Crippen MR) is 62.9 cm³/mol. The Bertz CT molecular complexity index is 533. The molecule has 1 atom stereocenters. The van der Waals surface area contributed by atoms with Gasteiger partial charge in [0.1, 0.15) is 12.2 Å². The molecule has 1 fully saturated rings. The first-order chi connectivity index (χ1) is 8.44. The fraction of sp³-hybridized carbons (Fsp3) is 0.636. The highest BCUT2D eigenvalue weighted by molar-refractivity contribution is 7.91. The number of sulfone groups is 1. The van der Waals surface area contributed by atoms with Crippen molar-refractivity contribution in [3.05, 3.63) is 17.8 Å². The van der Waals surface area contributed by atoms with Crippen LogP contribution in [0.1, 0.15) is 24.5 Å². The Morgan fingerprint density at radius 1 is 1.56 bits per heavy atom. The van der Waals surface area contributed by atoms with Gasteiger partial charge in [-0.15, -0.1) is 0 Å². The number of aliphatic carboxylic acids is 1. The largest absolute Gasteiger partial charge is 0.481 e. The van der Waals surface area contributed by atoms with Gasteiger partial charge in [0.25, 0.3) is 0 Å². The van der Waals surface area contributed by atoms with E-state index in [1.165, 1.54) is 6.20 Å². The van der Waals surface area contributed by atoms with E-state index in [4.69, 9.17) is 9.52 Å². The molecule has 1 N–H and O–H groups in total. The number of carboxylic acids is 1. The van der Waals surface area contributed by atoms with E-state index in [0.29, 0.717) is 24.5 Å². The number of carbonyl (C=O) groups is 1. The second-order valence-corrected chi connectivity index (χ2v) is 6.85. The van der Waals surface area contributed by atoms with E-state index in [2.05, 4.69) is 4.98 Å². The summed E-state index contributed by atoms with van der Waals surface area (Å²) in [6.07, 6.45) is 3.17. The lowest BCUT2D eigenvalue weighted by atomic mass is 10.0. The van der Waals surface area contributed by atoms with Crippen LogP contribution >= 0.6 is 0 Å². The van der Waals surface area contributed by atoms with E-state index in [0.717, 1.165) is 6.42 Å². The number of rotatable bonds is 4. The molecule has 1 aliphatic heterocycles. The van der Waals surface area contributed by atoms with Crippen LogP contribution in [0, 0.1) is 5.92 Å². The fourth-order valence-corrected chi connectivity index (χ4v) is 3.97. The number of hydrogen-bond acceptors (Lipinski definition) is 5. The molecule has 0 spiro atoms. The van der Waals surface area contributed by atoms with E-state index in [1.807, 2.05) is 0 Å². The van der Waals surface area contributed by atoms with Crippen molar-refractivity contribution in [2.45, 2.75) is 25.7 Å². The highest BCUT2D eigenvalue weighted by Gasteiger charge is 2.26. The molecule has 1 aromatic heterocycles. The Balaban J connectivity index is 1.97. The Morgan fingerprint density at radius 2 is 2.33 bits per heavy atom. The second kappa shape index (κ2) is 5.09. The SMILES string of the molecule is O=C(O)Cc1cnc(CC2CCCS(=O)(=O)C2)o1. The molecule has 0 aliphatic carbocycles. The molecule has 1 unspecified atom stereocenters. The number of oxazole rings is 1. The molecule has 0 aromatic carbocycles. The number of hydrogen-bond donors (Lipinski definition) is 1. The molecule has 2 heterocycles. The topological polar surface area (TPSA) is 97.5 Å². The maximum atomic E-state index is 11.5. The first-order valence-corrected chi connectivity index (χ1v) is 7.62. The van der Waals surface area contributed by atoms with E-state index in [9.17, 15) is 13.2 Å². The molecule has 1 saturated heterocycles. The molecular weight excluding hydrogens is 258 g/mol. The van der Waals surface area contributed by atoms with Crippen LogP contribution in [-0.2, 0) is 27.5 Å². The van der Waals surface area contributed by atoms with Crippen LogP contribution in [0.25, 0.3) is 0 Å². The van der Waals surface area contributed by atoms with Crippen LogP contribution in [0.15, 0.2) is 10.6 Å². The van der Waals surface area contributed by atoms with Gasteiger partial charge in [0.05, 0.1) is 17.7 Å². The monoisotopic (exact) mass is 273 g/mol. The van der Waals surface area contributed by atoms with E-state index in [1.54, 1.807) is 0 Å². The third kappa shape index (κ3) is 3.56. The van der Waals surface area contributed by atoms with Crippen molar-refractivity contribution in [2.24, 2.45) is 5.92 Å². The molecule has 0 saturated carbocycles. The molecular formula is C11H15NO5S. The van der Waals surface area contributed by atoms with E-state index < -0.39 is 15.8 Å². The molecule has 6 nitrogen and oxygen atoms in total. The van der Waals surface area contributed by atoms with Crippen LogP contribution in [0.5, 0.6) is 0 Å². The fourth-order valence-electron chi connectivity index (χ4n) is 2.20. The van der Waals surface area contributed by atoms with E-state index in [-0.39, 0.29) is 23.8 Å². The van der Waals surface area contributed by atoms with Gasteiger partial charge in [0, 0.05) is 6.42 Å². The van der Waals surface area contributed by atoms with Gasteiger partial charge in [-0.05, 0) is 18.8 Å². The lowest BCUT2D eigenvalue weighted by Gasteiger charge is -2.20. The van der Waals surface area contributed by atoms with Gasteiger partial charge in [-0.1, -0.05) is 0 Å². The van der Waals surface area contributed by atoms with Gasteiger partial charge in [0.2, 0.25) is 0 Å². The summed E-state index contributed by atoms with van der Waals surface area (Å²) in [6.45, 7) is 0. The molecule has 1 aromatic rings. The molecule has 0 radical (unpaired) electrons. The van der Waals surface area contributed by atoms with Gasteiger partial charge in [0.15, 0.2) is 15.7 Å². The van der Waals surface area contributed by atoms with Crippen molar-refractivity contribution in [1.29, 1.82) is 0 Å². The van der Waals surface area contributed by atoms with Gasteiger partial charge in [-0.3, -0.25) is 4.79 Å². The smallest absolute Gasteiger partial charge is 0.311 e. The van der Waals surface area contributed by atoms with E-state index >= 15 is 0 Å². The highest BCUT2D eigenvalue weighted by Crippen LogP contribution is 2.22. The second-order valence-electron chi connectivity index (χ2n) is 4.62. The number of nitrogens with zero attached hydrogens (tertiary/aromatic N) is 1. The molecule has 0 amide bonds. The van der Waals surface area contributed by atoms with Crippen LogP contribution in [0.2, 0.25) is 0 Å². The highest BCUT2D eigenvalue weighted by atomic mass is 32.2. The summed E-state index contributed by atoms with van der Waals surface area (Å²) < 4.78 is 28.2. The van der Waals surface area contributed by atoms with Gasteiger partial charge < -0.3 is 9.52 Å². The minimum absolute atomic E-state index is 0.0279. The summed E-state index contributed by atoms with van der Waals surface area (Å²) in [5.41, 5.74) is 0. The molecule has 2 rings (SSSR count). The third-order valence-electron chi connectivity index (χ3n) is 2.95. The summed E-state index contributed by atoms with van der Waals surface area (Å²) in [4.78, 5) is 14.5. The molecule has 1 aliphatic rings. The Hall–Kier alpha value is -1.37. The minimum Gasteiger partial charge on any atom is -0.481 e. The average molecular weight is 273 g/mol. The zero-order chi connectivity index (χ0) is 13.2. The predicted octanol–water partition coefficient (Wildman–Crippen LogP) is 0.669. The molecule has 100 valence electrons. The van der Waals surface area contributed by atoms with Crippen LogP contribution in [-0.4, -0.2) is 36.0 Å². The Labute approximate surface area is 105 Å². The summed E-state index contributed by atoms with van der Waals surface area (Å²) in [6, 6.07) is 0. The zero-order valence-corrected chi connectivity index (χ0v) is 10.6. The first-order valence-electron chi connectivity index (χ1n) is 5.80. The summed E-state index contributed by atoms with van der Waals surface area (Å²) in [5, 5.41) is 8.60. The Morgan fingerprint density at radius 3 is 3.00 bits per heavy atom. The normalized spacial score (nSPS) is 22.8. The Kier molecular flexibility index (Phi) is 3.70. The van der Waals surface area contributed by atoms with Crippen molar-refractivity contribution < 1.29 is 22.7 Å². The molecule has 7 heteroatoms. The van der Waals surface area contributed by atoms with Crippen LogP contribution < -0.4 is 0 Å². The zero-order valence-electron chi connectivity index (χ0n) is 9.83. The quantitative estimate of drug-likeness (QED) is 0.865. The van der Waals surface area contributed by atoms with Gasteiger partial charge in [-0.2, -0.15) is 0 Å². The average Bonchev–Trinajstić information content (AvgIpc) is 2.62. The summed E-state index contributed by atoms with van der Waals surface area (Å²) >= 11 is 0. The number of aromatic nitrogens is 1. The van der Waals surface area contributed by atoms with Crippen molar-refractivity contribution in [1.82, 2.24) is 4.98 Å². The summed E-state index contributed by atoms with van der Waals surface area (Å²) in [5.74, 6) is 0.214.